The fourth-order valence-electron chi connectivity index (χ4n) is 2.75. The maximum Gasteiger partial charge on any atom is 0.257 e. The largest absolute Gasteiger partial charge is 0.463 e. The van der Waals surface area contributed by atoms with Crippen LogP contribution in [-0.2, 0) is 4.74 Å². The molecule has 0 atom stereocenters. The molecular formula is C16H18ClNO3. The molecule has 21 heavy (non-hydrogen) atoms. The average Bonchev–Trinajstić information content (AvgIpc) is 2.97. The summed E-state index contributed by atoms with van der Waals surface area (Å²) < 4.78 is 11.1. The van der Waals surface area contributed by atoms with Crippen LogP contribution >= 0.6 is 11.6 Å². The number of alkyl halides is 1. The van der Waals surface area contributed by atoms with Crippen molar-refractivity contribution in [2.24, 2.45) is 0 Å². The molecule has 1 aliphatic rings. The molecule has 1 amide bonds. The Bertz CT molecular complexity index is 617. The van der Waals surface area contributed by atoms with Gasteiger partial charge in [0, 0.05) is 24.4 Å². The Morgan fingerprint density at radius 1 is 1.33 bits per heavy atom. The summed E-state index contributed by atoms with van der Waals surface area (Å²) in [5.41, 5.74) is 1.40. The summed E-state index contributed by atoms with van der Waals surface area (Å²) in [5, 5.41) is 0.878. The summed E-state index contributed by atoms with van der Waals surface area (Å²) in [6.45, 7) is 2.00. The maximum absolute atomic E-state index is 12.6. The van der Waals surface area contributed by atoms with E-state index >= 15 is 0 Å². The van der Waals surface area contributed by atoms with E-state index in [-0.39, 0.29) is 12.0 Å². The summed E-state index contributed by atoms with van der Waals surface area (Å²) in [4.78, 5) is 14.5. The predicted octanol–water partition coefficient (Wildman–Crippen LogP) is 3.29. The molecule has 1 saturated heterocycles. The number of hydrogen-bond acceptors (Lipinski definition) is 3. The van der Waals surface area contributed by atoms with Crippen molar-refractivity contribution >= 4 is 28.5 Å². The minimum atomic E-state index is 0.0377. The Hall–Kier alpha value is -1.52. The number of piperidine rings is 1. The number of para-hydroxylation sites is 1. The monoisotopic (exact) mass is 307 g/mol. The molecule has 2 heterocycles. The molecule has 1 aromatic carbocycles. The highest BCUT2D eigenvalue weighted by Gasteiger charge is 2.25. The van der Waals surface area contributed by atoms with Gasteiger partial charge in [-0.15, -0.1) is 11.6 Å². The Kier molecular flexibility index (Phi) is 4.46. The fraction of sp³-hybridized carbons (Fsp3) is 0.438. The van der Waals surface area contributed by atoms with Crippen LogP contribution in [0.5, 0.6) is 0 Å². The number of nitrogens with zero attached hydrogens (tertiary/aromatic N) is 1. The first-order chi connectivity index (χ1) is 10.3. The van der Waals surface area contributed by atoms with E-state index in [1.54, 1.807) is 6.26 Å². The maximum atomic E-state index is 12.6. The summed E-state index contributed by atoms with van der Waals surface area (Å²) in [7, 11) is 0. The van der Waals surface area contributed by atoms with Crippen LogP contribution in [0, 0.1) is 0 Å². The van der Waals surface area contributed by atoms with Crippen molar-refractivity contribution in [3.63, 3.8) is 0 Å². The van der Waals surface area contributed by atoms with Crippen molar-refractivity contribution < 1.29 is 13.9 Å². The van der Waals surface area contributed by atoms with Gasteiger partial charge >= 0.3 is 0 Å². The Morgan fingerprint density at radius 3 is 2.86 bits per heavy atom. The third kappa shape index (κ3) is 3.06. The molecule has 1 aromatic heterocycles. The zero-order chi connectivity index (χ0) is 14.7. The highest BCUT2D eigenvalue weighted by molar-refractivity contribution is 6.17. The van der Waals surface area contributed by atoms with Gasteiger partial charge in [0.15, 0.2) is 0 Å². The van der Waals surface area contributed by atoms with Crippen LogP contribution < -0.4 is 0 Å². The van der Waals surface area contributed by atoms with Crippen molar-refractivity contribution in [2.75, 3.05) is 25.6 Å². The number of likely N-dealkylation sites (tertiary alicyclic amines) is 1. The number of benzene rings is 1. The van der Waals surface area contributed by atoms with E-state index in [1.807, 2.05) is 29.2 Å². The SMILES string of the molecule is O=C(c1coc2ccccc12)N1CCC(OCCCl)CC1. The van der Waals surface area contributed by atoms with E-state index in [4.69, 9.17) is 20.8 Å². The van der Waals surface area contributed by atoms with Crippen molar-refractivity contribution in [3.05, 3.63) is 36.1 Å². The van der Waals surface area contributed by atoms with E-state index in [9.17, 15) is 4.79 Å². The highest BCUT2D eigenvalue weighted by atomic mass is 35.5. The molecule has 5 heteroatoms. The molecule has 1 fully saturated rings. The lowest BCUT2D eigenvalue weighted by atomic mass is 10.1. The van der Waals surface area contributed by atoms with Gasteiger partial charge in [-0.25, -0.2) is 0 Å². The zero-order valence-electron chi connectivity index (χ0n) is 11.8. The molecular weight excluding hydrogens is 290 g/mol. The lowest BCUT2D eigenvalue weighted by molar-refractivity contribution is 0.0154. The number of rotatable bonds is 4. The van der Waals surface area contributed by atoms with E-state index in [0.717, 1.165) is 23.8 Å². The number of furan rings is 1. The average molecular weight is 308 g/mol. The summed E-state index contributed by atoms with van der Waals surface area (Å²) in [5.74, 6) is 0.552. The van der Waals surface area contributed by atoms with Gasteiger partial charge in [-0.05, 0) is 18.9 Å². The molecule has 112 valence electrons. The lowest BCUT2D eigenvalue weighted by Crippen LogP contribution is -2.41. The molecule has 4 nitrogen and oxygen atoms in total. The van der Waals surface area contributed by atoms with E-state index in [0.29, 0.717) is 31.1 Å². The number of amides is 1. The molecule has 0 bridgehead atoms. The van der Waals surface area contributed by atoms with Gasteiger partial charge < -0.3 is 14.1 Å². The van der Waals surface area contributed by atoms with Crippen LogP contribution in [0.1, 0.15) is 23.2 Å². The number of hydrogen-bond donors (Lipinski definition) is 0. The van der Waals surface area contributed by atoms with Crippen molar-refractivity contribution in [1.29, 1.82) is 0 Å². The van der Waals surface area contributed by atoms with Crippen molar-refractivity contribution in [2.45, 2.75) is 18.9 Å². The first kappa shape index (κ1) is 14.4. The van der Waals surface area contributed by atoms with E-state index in [1.165, 1.54) is 0 Å². The quantitative estimate of drug-likeness (QED) is 0.814. The van der Waals surface area contributed by atoms with Crippen LogP contribution in [0.25, 0.3) is 11.0 Å². The summed E-state index contributed by atoms with van der Waals surface area (Å²) >= 11 is 5.62. The first-order valence-electron chi connectivity index (χ1n) is 7.22. The second-order valence-corrected chi connectivity index (χ2v) is 5.57. The van der Waals surface area contributed by atoms with Gasteiger partial charge in [0.25, 0.3) is 5.91 Å². The van der Waals surface area contributed by atoms with Gasteiger partial charge in [-0.2, -0.15) is 0 Å². The molecule has 0 N–H and O–H groups in total. The van der Waals surface area contributed by atoms with Gasteiger partial charge in [0.2, 0.25) is 0 Å². The van der Waals surface area contributed by atoms with Crippen LogP contribution in [0.3, 0.4) is 0 Å². The molecule has 0 saturated carbocycles. The van der Waals surface area contributed by atoms with Crippen LogP contribution in [0.4, 0.5) is 0 Å². The molecule has 0 aliphatic carbocycles. The number of fused-ring (bicyclic) bond motifs is 1. The summed E-state index contributed by atoms with van der Waals surface area (Å²) in [6.07, 6.45) is 3.49. The van der Waals surface area contributed by atoms with Gasteiger partial charge in [0.1, 0.15) is 11.8 Å². The molecule has 1 aliphatic heterocycles. The van der Waals surface area contributed by atoms with Crippen molar-refractivity contribution in [1.82, 2.24) is 4.90 Å². The number of halogens is 1. The number of ether oxygens (including phenoxy) is 1. The number of carbonyl (C=O) groups is 1. The minimum Gasteiger partial charge on any atom is -0.463 e. The van der Waals surface area contributed by atoms with E-state index < -0.39 is 0 Å². The first-order valence-corrected chi connectivity index (χ1v) is 7.76. The lowest BCUT2D eigenvalue weighted by Gasteiger charge is -2.31. The Morgan fingerprint density at radius 2 is 2.10 bits per heavy atom. The van der Waals surface area contributed by atoms with Crippen molar-refractivity contribution in [3.8, 4) is 0 Å². The smallest absolute Gasteiger partial charge is 0.257 e. The third-order valence-corrected chi connectivity index (χ3v) is 4.03. The minimum absolute atomic E-state index is 0.0377. The topological polar surface area (TPSA) is 42.7 Å². The van der Waals surface area contributed by atoms with Crippen LogP contribution in [-0.4, -0.2) is 42.5 Å². The van der Waals surface area contributed by atoms with Gasteiger partial charge in [-0.3, -0.25) is 4.79 Å². The van der Waals surface area contributed by atoms with Gasteiger partial charge in [0.05, 0.1) is 18.3 Å². The zero-order valence-corrected chi connectivity index (χ0v) is 12.5. The Labute approximate surface area is 128 Å². The van der Waals surface area contributed by atoms with Crippen LogP contribution in [0.2, 0.25) is 0 Å². The molecule has 3 rings (SSSR count). The molecule has 0 spiro atoms. The molecule has 2 aromatic rings. The predicted molar refractivity (Wildman–Crippen MR) is 81.8 cm³/mol. The molecule has 0 unspecified atom stereocenters. The highest BCUT2D eigenvalue weighted by Crippen LogP contribution is 2.24. The summed E-state index contributed by atoms with van der Waals surface area (Å²) in [6, 6.07) is 7.61. The second kappa shape index (κ2) is 6.50. The van der Waals surface area contributed by atoms with Crippen LogP contribution in [0.15, 0.2) is 34.9 Å². The second-order valence-electron chi connectivity index (χ2n) is 5.20. The van der Waals surface area contributed by atoms with E-state index in [2.05, 4.69) is 0 Å². The number of carbonyl (C=O) groups excluding carboxylic acids is 1. The fourth-order valence-corrected chi connectivity index (χ4v) is 2.84. The normalized spacial score (nSPS) is 16.5. The van der Waals surface area contributed by atoms with Gasteiger partial charge in [-0.1, -0.05) is 18.2 Å². The Balaban J connectivity index is 1.67. The molecule has 0 radical (unpaired) electrons. The standard InChI is InChI=1S/C16H18ClNO3/c17-7-10-20-12-5-8-18(9-6-12)16(19)14-11-21-15-4-2-1-3-13(14)15/h1-4,11-12H,5-10H2. The third-order valence-electron chi connectivity index (χ3n) is 3.87.